The van der Waals surface area contributed by atoms with Gasteiger partial charge >= 0.3 is 0 Å². The van der Waals surface area contributed by atoms with E-state index in [1.54, 1.807) is 6.07 Å². The van der Waals surface area contributed by atoms with Crippen LogP contribution in [0.4, 0.5) is 0 Å². The smallest absolute Gasteiger partial charge is 0.146 e. The summed E-state index contributed by atoms with van der Waals surface area (Å²) in [5.41, 5.74) is 6.46. The van der Waals surface area contributed by atoms with Crippen LogP contribution in [0, 0.1) is 6.92 Å². The van der Waals surface area contributed by atoms with E-state index in [9.17, 15) is 0 Å². The second-order valence-corrected chi connectivity index (χ2v) is 4.21. The van der Waals surface area contributed by atoms with E-state index < -0.39 is 0 Å². The second kappa shape index (κ2) is 5.25. The molecule has 0 unspecified atom stereocenters. The van der Waals surface area contributed by atoms with Gasteiger partial charge in [0.2, 0.25) is 0 Å². The van der Waals surface area contributed by atoms with E-state index in [1.807, 2.05) is 31.2 Å². The summed E-state index contributed by atoms with van der Waals surface area (Å²) in [4.78, 5) is 0. The maximum atomic E-state index is 5.87. The molecule has 17 heavy (non-hydrogen) atoms. The van der Waals surface area contributed by atoms with E-state index in [0.717, 1.165) is 22.8 Å². The van der Waals surface area contributed by atoms with Gasteiger partial charge in [-0.15, -0.1) is 0 Å². The summed E-state index contributed by atoms with van der Waals surface area (Å²) in [6.07, 6.45) is 0. The predicted molar refractivity (Wildman–Crippen MR) is 67.1 cm³/mol. The van der Waals surface area contributed by atoms with Gasteiger partial charge in [0.05, 0.1) is 6.54 Å². The zero-order chi connectivity index (χ0) is 12.3. The molecule has 0 amide bonds. The fraction of sp³-hybridized carbons (Fsp3) is 0.231. The number of aryl methyl sites for hydroxylation is 1. The first-order chi connectivity index (χ1) is 8.19. The van der Waals surface area contributed by atoms with Crippen LogP contribution in [0.2, 0.25) is 5.02 Å². The van der Waals surface area contributed by atoms with Crippen LogP contribution in [0.1, 0.15) is 17.1 Å². The zero-order valence-electron chi connectivity index (χ0n) is 9.57. The minimum atomic E-state index is 0.391. The van der Waals surface area contributed by atoms with Gasteiger partial charge in [-0.05, 0) is 42.8 Å². The number of rotatable bonds is 4. The Morgan fingerprint density at radius 1 is 1.24 bits per heavy atom. The van der Waals surface area contributed by atoms with Crippen LogP contribution < -0.4 is 10.5 Å². The maximum Gasteiger partial charge on any atom is 0.146 e. The van der Waals surface area contributed by atoms with Gasteiger partial charge in [0, 0.05) is 5.02 Å². The third-order valence-corrected chi connectivity index (χ3v) is 2.66. The monoisotopic (exact) mass is 251 g/mol. The van der Waals surface area contributed by atoms with Crippen LogP contribution in [-0.2, 0) is 13.2 Å². The quantitative estimate of drug-likeness (QED) is 0.907. The minimum Gasteiger partial charge on any atom is -0.485 e. The first-order valence-corrected chi connectivity index (χ1v) is 5.73. The topological polar surface area (TPSA) is 48.4 Å². The van der Waals surface area contributed by atoms with Crippen molar-refractivity contribution in [3.05, 3.63) is 52.4 Å². The Kier molecular flexibility index (Phi) is 3.71. The lowest BCUT2D eigenvalue weighted by Gasteiger charge is -2.07. The van der Waals surface area contributed by atoms with Crippen molar-refractivity contribution in [3.63, 3.8) is 0 Å². The molecular formula is C13H14ClNO2. The van der Waals surface area contributed by atoms with Crippen LogP contribution in [0.5, 0.6) is 5.75 Å². The van der Waals surface area contributed by atoms with Crippen molar-refractivity contribution in [2.24, 2.45) is 5.73 Å². The molecule has 0 atom stereocenters. The van der Waals surface area contributed by atoms with E-state index in [4.69, 9.17) is 26.5 Å². The number of nitrogens with two attached hydrogens (primary N) is 1. The van der Waals surface area contributed by atoms with Crippen molar-refractivity contribution >= 4 is 11.6 Å². The molecule has 1 aromatic carbocycles. The van der Waals surface area contributed by atoms with Crippen molar-refractivity contribution in [3.8, 4) is 5.75 Å². The van der Waals surface area contributed by atoms with Crippen LogP contribution in [0.25, 0.3) is 0 Å². The van der Waals surface area contributed by atoms with E-state index in [1.165, 1.54) is 0 Å². The van der Waals surface area contributed by atoms with Crippen LogP contribution in [-0.4, -0.2) is 0 Å². The zero-order valence-corrected chi connectivity index (χ0v) is 10.3. The van der Waals surface area contributed by atoms with Crippen molar-refractivity contribution < 1.29 is 9.15 Å². The lowest BCUT2D eigenvalue weighted by atomic mass is 10.2. The SMILES string of the molecule is Cc1cc(Cl)ccc1OCc1ccc(CN)o1. The maximum absolute atomic E-state index is 5.87. The molecule has 2 aromatic rings. The number of halogens is 1. The van der Waals surface area contributed by atoms with Crippen molar-refractivity contribution in [2.45, 2.75) is 20.1 Å². The fourth-order valence-electron chi connectivity index (χ4n) is 1.53. The number of hydrogen-bond donors (Lipinski definition) is 1. The highest BCUT2D eigenvalue weighted by atomic mass is 35.5. The Morgan fingerprint density at radius 3 is 2.65 bits per heavy atom. The summed E-state index contributed by atoms with van der Waals surface area (Å²) in [5, 5.41) is 0.707. The molecule has 2 rings (SSSR count). The summed E-state index contributed by atoms with van der Waals surface area (Å²) < 4.78 is 11.1. The molecule has 0 aliphatic rings. The first-order valence-electron chi connectivity index (χ1n) is 5.35. The number of furan rings is 1. The molecule has 0 saturated carbocycles. The largest absolute Gasteiger partial charge is 0.485 e. The number of ether oxygens (including phenoxy) is 1. The molecule has 1 aromatic heterocycles. The van der Waals surface area contributed by atoms with Crippen molar-refractivity contribution in [1.82, 2.24) is 0 Å². The van der Waals surface area contributed by atoms with Crippen LogP contribution >= 0.6 is 11.6 Å². The van der Waals surface area contributed by atoms with Gasteiger partial charge in [0.25, 0.3) is 0 Å². The summed E-state index contributed by atoms with van der Waals surface area (Å²) >= 11 is 5.87. The molecule has 0 aliphatic heterocycles. The fourth-order valence-corrected chi connectivity index (χ4v) is 1.76. The number of hydrogen-bond acceptors (Lipinski definition) is 3. The molecular weight excluding hydrogens is 238 g/mol. The predicted octanol–water partition coefficient (Wildman–Crippen LogP) is 3.28. The highest BCUT2D eigenvalue weighted by Crippen LogP contribution is 2.23. The van der Waals surface area contributed by atoms with Gasteiger partial charge in [0.1, 0.15) is 23.9 Å². The van der Waals surface area contributed by atoms with Gasteiger partial charge in [-0.3, -0.25) is 0 Å². The van der Waals surface area contributed by atoms with Gasteiger partial charge in [-0.1, -0.05) is 11.6 Å². The molecule has 0 spiro atoms. The molecule has 0 saturated heterocycles. The molecule has 0 fully saturated rings. The standard InChI is InChI=1S/C13H14ClNO2/c1-9-6-10(14)2-5-13(9)16-8-12-4-3-11(7-15)17-12/h2-6H,7-8,15H2,1H3. The van der Waals surface area contributed by atoms with Crippen molar-refractivity contribution in [2.75, 3.05) is 0 Å². The third-order valence-electron chi connectivity index (χ3n) is 2.43. The lowest BCUT2D eigenvalue weighted by molar-refractivity contribution is 0.264. The van der Waals surface area contributed by atoms with Gasteiger partial charge in [-0.25, -0.2) is 0 Å². The molecule has 3 nitrogen and oxygen atoms in total. The van der Waals surface area contributed by atoms with E-state index >= 15 is 0 Å². The van der Waals surface area contributed by atoms with Gasteiger partial charge < -0.3 is 14.9 Å². The van der Waals surface area contributed by atoms with Crippen molar-refractivity contribution in [1.29, 1.82) is 0 Å². The molecule has 90 valence electrons. The molecule has 0 radical (unpaired) electrons. The Bertz CT molecular complexity index is 508. The Hall–Kier alpha value is -1.45. The Balaban J connectivity index is 2.02. The number of benzene rings is 1. The van der Waals surface area contributed by atoms with E-state index in [2.05, 4.69) is 0 Å². The average molecular weight is 252 g/mol. The first kappa shape index (κ1) is 12.0. The molecule has 0 aliphatic carbocycles. The molecule has 2 N–H and O–H groups in total. The second-order valence-electron chi connectivity index (χ2n) is 3.77. The molecule has 1 heterocycles. The lowest BCUT2D eigenvalue weighted by Crippen LogP contribution is -1.96. The summed E-state index contributed by atoms with van der Waals surface area (Å²) in [6.45, 7) is 2.75. The molecule has 4 heteroatoms. The summed E-state index contributed by atoms with van der Waals surface area (Å²) in [5.74, 6) is 2.33. The summed E-state index contributed by atoms with van der Waals surface area (Å²) in [6, 6.07) is 9.24. The normalized spacial score (nSPS) is 10.5. The van der Waals surface area contributed by atoms with Crippen LogP contribution in [0.15, 0.2) is 34.7 Å². The third kappa shape index (κ3) is 3.02. The minimum absolute atomic E-state index is 0.391. The summed E-state index contributed by atoms with van der Waals surface area (Å²) in [7, 11) is 0. The van der Waals surface area contributed by atoms with Crippen LogP contribution in [0.3, 0.4) is 0 Å². The van der Waals surface area contributed by atoms with Gasteiger partial charge in [0.15, 0.2) is 0 Å². The van der Waals surface area contributed by atoms with E-state index in [0.29, 0.717) is 18.2 Å². The molecule has 0 bridgehead atoms. The Labute approximate surface area is 105 Å². The highest BCUT2D eigenvalue weighted by Gasteiger charge is 2.04. The van der Waals surface area contributed by atoms with E-state index in [-0.39, 0.29) is 0 Å². The van der Waals surface area contributed by atoms with Gasteiger partial charge in [-0.2, -0.15) is 0 Å². The highest BCUT2D eigenvalue weighted by molar-refractivity contribution is 6.30. The average Bonchev–Trinajstić information content (AvgIpc) is 2.76. The Morgan fingerprint density at radius 2 is 2.00 bits per heavy atom.